The Morgan fingerprint density at radius 2 is 1.62 bits per heavy atom. The number of aromatic nitrogens is 2. The van der Waals surface area contributed by atoms with Crippen LogP contribution >= 0.6 is 0 Å². The molecule has 0 radical (unpaired) electrons. The molecule has 1 aromatic heterocycles. The summed E-state index contributed by atoms with van der Waals surface area (Å²) in [7, 11) is -3.67. The van der Waals surface area contributed by atoms with Crippen LogP contribution in [0.4, 0.5) is 11.5 Å². The molecule has 9 heteroatoms. The van der Waals surface area contributed by atoms with Gasteiger partial charge in [0.1, 0.15) is 12.1 Å². The molecule has 1 unspecified atom stereocenters. The molecule has 0 aliphatic carbocycles. The number of para-hydroxylation sites is 1. The Morgan fingerprint density at radius 3 is 2.32 bits per heavy atom. The Kier molecular flexibility index (Phi) is 7.76. The van der Waals surface area contributed by atoms with Gasteiger partial charge in [-0.1, -0.05) is 48.5 Å². The van der Waals surface area contributed by atoms with Gasteiger partial charge in [0, 0.05) is 50.4 Å². The van der Waals surface area contributed by atoms with Gasteiger partial charge in [-0.3, -0.25) is 4.90 Å². The highest BCUT2D eigenvalue weighted by molar-refractivity contribution is 7.89. The van der Waals surface area contributed by atoms with Gasteiger partial charge in [-0.2, -0.15) is 4.31 Å². The minimum absolute atomic E-state index is 0.0367. The molecule has 3 aromatic carbocycles. The average molecular weight is 518 g/mol. The van der Waals surface area contributed by atoms with Crippen molar-refractivity contribution in [3.8, 4) is 0 Å². The van der Waals surface area contributed by atoms with E-state index in [1.807, 2.05) is 55.5 Å². The molecule has 1 N–H and O–H groups in total. The number of nitrogens with one attached hydrogen (secondary N) is 1. The molecule has 37 heavy (non-hydrogen) atoms. The second-order valence-electron chi connectivity index (χ2n) is 8.95. The Hall–Kier alpha value is -3.37. The van der Waals surface area contributed by atoms with Gasteiger partial charge in [0.25, 0.3) is 0 Å². The lowest BCUT2D eigenvalue weighted by atomic mass is 10.1. The number of sulfonamides is 1. The van der Waals surface area contributed by atoms with Crippen molar-refractivity contribution in [3.63, 3.8) is 0 Å². The smallest absolute Gasteiger partial charge is 0.243 e. The fourth-order valence-electron chi connectivity index (χ4n) is 4.61. The molecule has 0 amide bonds. The SMILES string of the molecule is CCOC(CN1CCN(S(=O)(=O)c2ccc3ncnc(Nc4ccccc4)c3c2)CC1)c1ccccc1. The van der Waals surface area contributed by atoms with Crippen LogP contribution < -0.4 is 5.32 Å². The van der Waals surface area contributed by atoms with Crippen molar-refractivity contribution in [1.82, 2.24) is 19.2 Å². The molecular formula is C28H31N5O3S. The standard InChI is InChI=1S/C28H31N5O3S/c1-2-36-27(22-9-5-3-6-10-22)20-32-15-17-33(18-16-32)37(34,35)24-13-14-26-25(19-24)28(30-21-29-26)31-23-11-7-4-8-12-23/h3-14,19,21,27H,2,15-18,20H2,1H3,(H,29,30,31). The van der Waals surface area contributed by atoms with Crippen molar-refractivity contribution in [2.45, 2.75) is 17.9 Å². The Morgan fingerprint density at radius 1 is 0.919 bits per heavy atom. The summed E-state index contributed by atoms with van der Waals surface area (Å²) in [6.45, 7) is 5.49. The van der Waals surface area contributed by atoms with Gasteiger partial charge >= 0.3 is 0 Å². The first-order valence-corrected chi connectivity index (χ1v) is 13.9. The third-order valence-corrected chi connectivity index (χ3v) is 8.47. The van der Waals surface area contributed by atoms with Crippen LogP contribution in [0.25, 0.3) is 10.9 Å². The topological polar surface area (TPSA) is 87.7 Å². The third-order valence-electron chi connectivity index (χ3n) is 6.58. The monoisotopic (exact) mass is 517 g/mol. The van der Waals surface area contributed by atoms with E-state index in [1.165, 1.54) is 6.33 Å². The van der Waals surface area contributed by atoms with Crippen LogP contribution in [-0.2, 0) is 14.8 Å². The lowest BCUT2D eigenvalue weighted by Crippen LogP contribution is -2.49. The van der Waals surface area contributed by atoms with E-state index >= 15 is 0 Å². The molecule has 1 fully saturated rings. The molecule has 1 aliphatic rings. The molecule has 1 atom stereocenters. The van der Waals surface area contributed by atoms with Crippen molar-refractivity contribution in [1.29, 1.82) is 0 Å². The maximum Gasteiger partial charge on any atom is 0.243 e. The summed E-state index contributed by atoms with van der Waals surface area (Å²) in [5.74, 6) is 0.570. The zero-order valence-corrected chi connectivity index (χ0v) is 21.6. The predicted molar refractivity (Wildman–Crippen MR) is 145 cm³/mol. The molecule has 8 nitrogen and oxygen atoms in total. The number of nitrogens with zero attached hydrogens (tertiary/aromatic N) is 4. The molecule has 0 saturated carbocycles. The van der Waals surface area contributed by atoms with E-state index in [9.17, 15) is 8.42 Å². The van der Waals surface area contributed by atoms with Crippen LogP contribution in [0.2, 0.25) is 0 Å². The second-order valence-corrected chi connectivity index (χ2v) is 10.9. The van der Waals surface area contributed by atoms with Gasteiger partial charge in [0.15, 0.2) is 0 Å². The summed E-state index contributed by atoms with van der Waals surface area (Å²) in [5.41, 5.74) is 2.69. The zero-order valence-electron chi connectivity index (χ0n) is 20.8. The third kappa shape index (κ3) is 5.80. The highest BCUT2D eigenvalue weighted by Crippen LogP contribution is 2.28. The average Bonchev–Trinajstić information content (AvgIpc) is 2.94. The number of rotatable bonds is 9. The fourth-order valence-corrected chi connectivity index (χ4v) is 6.06. The first-order valence-electron chi connectivity index (χ1n) is 12.5. The second kappa shape index (κ2) is 11.4. The minimum atomic E-state index is -3.67. The van der Waals surface area contributed by atoms with E-state index < -0.39 is 10.0 Å². The van der Waals surface area contributed by atoms with Gasteiger partial charge in [-0.15, -0.1) is 0 Å². The highest BCUT2D eigenvalue weighted by atomic mass is 32.2. The van der Waals surface area contributed by atoms with E-state index in [4.69, 9.17) is 4.74 Å². The maximum absolute atomic E-state index is 13.6. The lowest BCUT2D eigenvalue weighted by Gasteiger charge is -2.35. The Labute approximate surface area is 218 Å². The Bertz CT molecular complexity index is 1430. The van der Waals surface area contributed by atoms with Gasteiger partial charge in [0.05, 0.1) is 16.5 Å². The zero-order chi connectivity index (χ0) is 25.7. The van der Waals surface area contributed by atoms with E-state index in [2.05, 4.69) is 32.3 Å². The van der Waals surface area contributed by atoms with Crippen LogP contribution in [0.5, 0.6) is 0 Å². The molecule has 4 aromatic rings. The Balaban J connectivity index is 1.30. The maximum atomic E-state index is 13.6. The summed E-state index contributed by atoms with van der Waals surface area (Å²) in [5, 5.41) is 3.94. The largest absolute Gasteiger partial charge is 0.372 e. The molecule has 1 saturated heterocycles. The minimum Gasteiger partial charge on any atom is -0.372 e. The summed E-state index contributed by atoms with van der Waals surface area (Å²) in [6.07, 6.45) is 1.44. The number of hydrogen-bond donors (Lipinski definition) is 1. The molecule has 2 heterocycles. The molecule has 0 bridgehead atoms. The van der Waals surface area contributed by atoms with Crippen LogP contribution in [-0.4, -0.2) is 66.9 Å². The summed E-state index contributed by atoms with van der Waals surface area (Å²) in [6, 6.07) is 24.9. The molecule has 0 spiro atoms. The first kappa shape index (κ1) is 25.3. The van der Waals surface area contributed by atoms with Crippen LogP contribution in [0.1, 0.15) is 18.6 Å². The van der Waals surface area contributed by atoms with E-state index in [0.717, 1.165) is 17.8 Å². The van der Waals surface area contributed by atoms with E-state index in [1.54, 1.807) is 22.5 Å². The van der Waals surface area contributed by atoms with Crippen LogP contribution in [0.3, 0.4) is 0 Å². The van der Waals surface area contributed by atoms with Crippen molar-refractivity contribution in [2.75, 3.05) is 44.6 Å². The van der Waals surface area contributed by atoms with Crippen LogP contribution in [0, 0.1) is 0 Å². The number of fused-ring (bicyclic) bond motifs is 1. The van der Waals surface area contributed by atoms with E-state index in [0.29, 0.717) is 49.5 Å². The van der Waals surface area contributed by atoms with Gasteiger partial charge in [-0.25, -0.2) is 18.4 Å². The number of piperazine rings is 1. The summed E-state index contributed by atoms with van der Waals surface area (Å²) in [4.78, 5) is 11.2. The van der Waals surface area contributed by atoms with Gasteiger partial charge in [-0.05, 0) is 42.8 Å². The molecular weight excluding hydrogens is 486 g/mol. The van der Waals surface area contributed by atoms with Crippen LogP contribution in [0.15, 0.2) is 90.1 Å². The number of anilines is 2. The van der Waals surface area contributed by atoms with Gasteiger partial charge in [0.2, 0.25) is 10.0 Å². The molecule has 5 rings (SSSR count). The van der Waals surface area contributed by atoms with Crippen molar-refractivity contribution >= 4 is 32.4 Å². The number of benzene rings is 3. The first-order chi connectivity index (χ1) is 18.0. The predicted octanol–water partition coefficient (Wildman–Crippen LogP) is 4.46. The van der Waals surface area contributed by atoms with Crippen molar-refractivity contribution in [3.05, 3.63) is 90.8 Å². The van der Waals surface area contributed by atoms with Crippen molar-refractivity contribution < 1.29 is 13.2 Å². The van der Waals surface area contributed by atoms with Gasteiger partial charge < -0.3 is 10.1 Å². The summed E-state index contributed by atoms with van der Waals surface area (Å²) < 4.78 is 34.7. The number of ether oxygens (including phenoxy) is 1. The van der Waals surface area contributed by atoms with E-state index in [-0.39, 0.29) is 11.0 Å². The quantitative estimate of drug-likeness (QED) is 0.351. The summed E-state index contributed by atoms with van der Waals surface area (Å²) >= 11 is 0. The highest BCUT2D eigenvalue weighted by Gasteiger charge is 2.30. The normalized spacial score (nSPS) is 16.0. The number of hydrogen-bond acceptors (Lipinski definition) is 7. The van der Waals surface area contributed by atoms with Crippen molar-refractivity contribution in [2.24, 2.45) is 0 Å². The lowest BCUT2D eigenvalue weighted by molar-refractivity contribution is 0.0249. The fraction of sp³-hybridized carbons (Fsp3) is 0.286. The molecule has 192 valence electrons. The molecule has 1 aliphatic heterocycles.